The Morgan fingerprint density at radius 1 is 1.07 bits per heavy atom. The first-order valence-corrected chi connectivity index (χ1v) is 9.26. The number of carbonyl (C=O) groups is 1. The van der Waals surface area contributed by atoms with Crippen molar-refractivity contribution in [3.8, 4) is 22.8 Å². The average Bonchev–Trinajstić information content (AvgIpc) is 2.72. The summed E-state index contributed by atoms with van der Waals surface area (Å²) in [5.41, 5.74) is 1.61. The molecule has 8 nitrogen and oxygen atoms in total. The molecule has 8 heteroatoms. The average molecular weight is 401 g/mol. The van der Waals surface area contributed by atoms with Gasteiger partial charge in [0.2, 0.25) is 5.91 Å². The van der Waals surface area contributed by atoms with Gasteiger partial charge in [0, 0.05) is 37.8 Å². The fourth-order valence-electron chi connectivity index (χ4n) is 2.98. The van der Waals surface area contributed by atoms with Crippen molar-refractivity contribution in [2.75, 3.05) is 5.32 Å². The summed E-state index contributed by atoms with van der Waals surface area (Å²) in [6, 6.07) is 12.5. The maximum Gasteiger partial charge on any atom is 0.262 e. The van der Waals surface area contributed by atoms with E-state index in [1.165, 1.54) is 11.5 Å². The Morgan fingerprint density at radius 2 is 1.87 bits per heavy atom. The van der Waals surface area contributed by atoms with Gasteiger partial charge in [0.1, 0.15) is 23.1 Å². The third kappa shape index (κ3) is 3.88. The first-order chi connectivity index (χ1) is 14.4. The number of nitrogens with zero attached hydrogens (tertiary/aromatic N) is 4. The quantitative estimate of drug-likeness (QED) is 0.562. The number of ether oxygens (including phenoxy) is 1. The number of anilines is 1. The molecule has 150 valence electrons. The van der Waals surface area contributed by atoms with Crippen LogP contribution in [0.4, 0.5) is 5.82 Å². The maximum atomic E-state index is 12.5. The summed E-state index contributed by atoms with van der Waals surface area (Å²) in [7, 11) is 1.69. The predicted molar refractivity (Wildman–Crippen MR) is 114 cm³/mol. The van der Waals surface area contributed by atoms with Gasteiger partial charge in [0.05, 0.1) is 16.8 Å². The van der Waals surface area contributed by atoms with Gasteiger partial charge >= 0.3 is 0 Å². The highest BCUT2D eigenvalue weighted by atomic mass is 16.5. The zero-order chi connectivity index (χ0) is 21.3. The van der Waals surface area contributed by atoms with Crippen molar-refractivity contribution in [1.29, 1.82) is 0 Å². The molecule has 4 rings (SSSR count). The second-order valence-electron chi connectivity index (χ2n) is 6.79. The molecule has 30 heavy (non-hydrogen) atoms. The van der Waals surface area contributed by atoms with Crippen LogP contribution >= 0.6 is 0 Å². The van der Waals surface area contributed by atoms with E-state index in [1.807, 2.05) is 18.2 Å². The van der Waals surface area contributed by atoms with Crippen LogP contribution in [-0.4, -0.2) is 25.4 Å². The Morgan fingerprint density at radius 3 is 2.67 bits per heavy atom. The van der Waals surface area contributed by atoms with Crippen LogP contribution in [0.3, 0.4) is 0 Å². The first-order valence-electron chi connectivity index (χ1n) is 9.26. The molecular weight excluding hydrogens is 382 g/mol. The number of amides is 1. The minimum absolute atomic E-state index is 0.137. The standard InChI is InChI=1S/C22H19N5O3/c1-13-24-12-18(22(29)27(13)3)20-6-4-15-10-16(5-7-19(15)26-20)30-17-8-9-23-21(11-17)25-14(2)28/h4-12H,1-3H3,(H,23,25,28). The van der Waals surface area contributed by atoms with Gasteiger partial charge in [-0.05, 0) is 37.3 Å². The Bertz CT molecular complexity index is 1330. The third-order valence-electron chi connectivity index (χ3n) is 4.61. The lowest BCUT2D eigenvalue weighted by Crippen LogP contribution is -2.22. The summed E-state index contributed by atoms with van der Waals surface area (Å²) < 4.78 is 7.39. The van der Waals surface area contributed by atoms with Crippen LogP contribution in [-0.2, 0) is 11.8 Å². The van der Waals surface area contributed by atoms with Crippen molar-refractivity contribution >= 4 is 22.6 Å². The number of pyridine rings is 2. The highest BCUT2D eigenvalue weighted by Crippen LogP contribution is 2.27. The summed E-state index contributed by atoms with van der Waals surface area (Å²) in [6.45, 7) is 3.20. The van der Waals surface area contributed by atoms with Crippen LogP contribution in [0.5, 0.6) is 11.5 Å². The van der Waals surface area contributed by atoms with Crippen molar-refractivity contribution in [1.82, 2.24) is 19.5 Å². The largest absolute Gasteiger partial charge is 0.457 e. The van der Waals surface area contributed by atoms with Gasteiger partial charge in [0.15, 0.2) is 0 Å². The Labute approximate surface area is 172 Å². The smallest absolute Gasteiger partial charge is 0.262 e. The van der Waals surface area contributed by atoms with Crippen molar-refractivity contribution in [2.24, 2.45) is 7.05 Å². The van der Waals surface area contributed by atoms with Crippen LogP contribution in [0.2, 0.25) is 0 Å². The zero-order valence-electron chi connectivity index (χ0n) is 16.7. The van der Waals surface area contributed by atoms with Crippen LogP contribution in [0, 0.1) is 6.92 Å². The highest BCUT2D eigenvalue weighted by Gasteiger charge is 2.10. The highest BCUT2D eigenvalue weighted by molar-refractivity contribution is 5.87. The van der Waals surface area contributed by atoms with E-state index < -0.39 is 0 Å². The monoisotopic (exact) mass is 401 g/mol. The van der Waals surface area contributed by atoms with Crippen LogP contribution in [0.15, 0.2) is 59.7 Å². The second kappa shape index (κ2) is 7.75. The van der Waals surface area contributed by atoms with Gasteiger partial charge in [-0.1, -0.05) is 6.07 Å². The minimum atomic E-state index is -0.203. The van der Waals surface area contributed by atoms with Gasteiger partial charge in [-0.15, -0.1) is 0 Å². The number of fused-ring (bicyclic) bond motifs is 1. The van der Waals surface area contributed by atoms with Gasteiger partial charge < -0.3 is 10.1 Å². The third-order valence-corrected chi connectivity index (χ3v) is 4.61. The normalized spacial score (nSPS) is 10.8. The molecule has 0 saturated carbocycles. The van der Waals surface area contributed by atoms with Gasteiger partial charge in [-0.2, -0.15) is 0 Å². The van der Waals surface area contributed by atoms with E-state index >= 15 is 0 Å². The molecule has 4 aromatic rings. The van der Waals surface area contributed by atoms with E-state index in [9.17, 15) is 9.59 Å². The van der Waals surface area contributed by atoms with Crippen LogP contribution < -0.4 is 15.6 Å². The molecule has 0 aliphatic rings. The number of carbonyl (C=O) groups excluding carboxylic acids is 1. The van der Waals surface area contributed by atoms with Crippen LogP contribution in [0.25, 0.3) is 22.2 Å². The van der Waals surface area contributed by atoms with Crippen molar-refractivity contribution < 1.29 is 9.53 Å². The molecule has 0 spiro atoms. The van der Waals surface area contributed by atoms with E-state index in [4.69, 9.17) is 4.74 Å². The van der Waals surface area contributed by atoms with Crippen LogP contribution in [0.1, 0.15) is 12.7 Å². The second-order valence-corrected chi connectivity index (χ2v) is 6.79. The minimum Gasteiger partial charge on any atom is -0.457 e. The number of hydrogen-bond donors (Lipinski definition) is 1. The molecule has 0 bridgehead atoms. The molecule has 3 heterocycles. The number of nitrogens with one attached hydrogen (secondary N) is 1. The lowest BCUT2D eigenvalue weighted by Gasteiger charge is -2.09. The Balaban J connectivity index is 1.63. The fraction of sp³-hybridized carbons (Fsp3) is 0.136. The maximum absolute atomic E-state index is 12.5. The van der Waals surface area contributed by atoms with Gasteiger partial charge in [-0.25, -0.2) is 15.0 Å². The molecule has 1 N–H and O–H groups in total. The molecule has 0 saturated heterocycles. The van der Waals surface area contributed by atoms with Gasteiger partial charge in [0.25, 0.3) is 5.56 Å². The van der Waals surface area contributed by atoms with E-state index in [-0.39, 0.29) is 11.5 Å². The zero-order valence-corrected chi connectivity index (χ0v) is 16.7. The first kappa shape index (κ1) is 19.3. The Kier molecular flexibility index (Phi) is 4.97. The Hall–Kier alpha value is -4.07. The summed E-state index contributed by atoms with van der Waals surface area (Å²) in [4.78, 5) is 36.6. The number of rotatable bonds is 4. The number of hydrogen-bond acceptors (Lipinski definition) is 6. The van der Waals surface area contributed by atoms with Gasteiger partial charge in [-0.3, -0.25) is 14.2 Å². The lowest BCUT2D eigenvalue weighted by molar-refractivity contribution is -0.114. The summed E-state index contributed by atoms with van der Waals surface area (Å²) in [5, 5.41) is 3.49. The number of aryl methyl sites for hydroxylation is 1. The summed E-state index contributed by atoms with van der Waals surface area (Å²) >= 11 is 0. The van der Waals surface area contributed by atoms with Crippen molar-refractivity contribution in [2.45, 2.75) is 13.8 Å². The van der Waals surface area contributed by atoms with E-state index in [0.29, 0.717) is 34.4 Å². The number of benzene rings is 1. The van der Waals surface area contributed by atoms with E-state index in [2.05, 4.69) is 20.3 Å². The molecule has 0 radical (unpaired) electrons. The predicted octanol–water partition coefficient (Wildman–Crippen LogP) is 3.45. The molecule has 0 aliphatic carbocycles. The molecule has 1 aromatic carbocycles. The molecule has 1 amide bonds. The fourth-order valence-corrected chi connectivity index (χ4v) is 2.98. The molecule has 0 unspecified atom stereocenters. The van der Waals surface area contributed by atoms with Crippen molar-refractivity contribution in [3.63, 3.8) is 0 Å². The molecule has 0 fully saturated rings. The van der Waals surface area contributed by atoms with E-state index in [1.54, 1.807) is 50.6 Å². The van der Waals surface area contributed by atoms with Crippen molar-refractivity contribution in [3.05, 3.63) is 71.0 Å². The molecular formula is C22H19N5O3. The topological polar surface area (TPSA) is 99.0 Å². The summed E-state index contributed by atoms with van der Waals surface area (Å²) in [5.74, 6) is 2.02. The van der Waals surface area contributed by atoms with E-state index in [0.717, 1.165) is 10.9 Å². The lowest BCUT2D eigenvalue weighted by atomic mass is 10.1. The SMILES string of the molecule is CC(=O)Nc1cc(Oc2ccc3nc(-c4cnc(C)n(C)c4=O)ccc3c2)ccn1. The molecule has 3 aromatic heterocycles. The number of aromatic nitrogens is 4. The summed E-state index contributed by atoms with van der Waals surface area (Å²) in [6.07, 6.45) is 3.12. The molecule has 0 atom stereocenters. The molecule has 0 aliphatic heterocycles.